The summed E-state index contributed by atoms with van der Waals surface area (Å²) in [6.07, 6.45) is 0. The standard InChI is InChI=1S/C16H15N3O3S3/c1-10(11-2-4-13(5-3-11)25(17,21)22)18-15(20)14-9-24-16(19-14)12-6-7-23-8-12/h2-10H,1H3,(H,18,20)(H2,17,21,22). The highest BCUT2D eigenvalue weighted by atomic mass is 32.2. The van der Waals surface area contributed by atoms with Gasteiger partial charge in [-0.25, -0.2) is 18.5 Å². The first-order chi connectivity index (χ1) is 11.8. The van der Waals surface area contributed by atoms with Gasteiger partial charge in [-0.1, -0.05) is 12.1 Å². The molecule has 130 valence electrons. The third kappa shape index (κ3) is 4.13. The Morgan fingerprint density at radius 3 is 2.52 bits per heavy atom. The van der Waals surface area contributed by atoms with E-state index < -0.39 is 10.0 Å². The largest absolute Gasteiger partial charge is 0.344 e. The van der Waals surface area contributed by atoms with Crippen LogP contribution in [0.1, 0.15) is 29.0 Å². The lowest BCUT2D eigenvalue weighted by molar-refractivity contribution is 0.0935. The average Bonchev–Trinajstić information content (AvgIpc) is 3.25. The quantitative estimate of drug-likeness (QED) is 0.695. The predicted octanol–water partition coefficient (Wildman–Crippen LogP) is 3.01. The SMILES string of the molecule is CC(NC(=O)c1csc(-c2ccsc2)n1)c1ccc(S(N)(=O)=O)cc1. The summed E-state index contributed by atoms with van der Waals surface area (Å²) >= 11 is 2.99. The maximum Gasteiger partial charge on any atom is 0.271 e. The van der Waals surface area contributed by atoms with Gasteiger partial charge >= 0.3 is 0 Å². The topological polar surface area (TPSA) is 102 Å². The summed E-state index contributed by atoms with van der Waals surface area (Å²) in [6, 6.07) is 7.76. The molecule has 6 nitrogen and oxygen atoms in total. The van der Waals surface area contributed by atoms with Gasteiger partial charge < -0.3 is 5.32 Å². The molecule has 3 aromatic rings. The molecular weight excluding hydrogens is 378 g/mol. The number of thiophene rings is 1. The number of carbonyl (C=O) groups excluding carboxylic acids is 1. The fraction of sp³-hybridized carbons (Fsp3) is 0.125. The van der Waals surface area contributed by atoms with Crippen molar-refractivity contribution in [1.29, 1.82) is 0 Å². The minimum atomic E-state index is -3.73. The number of nitrogens with zero attached hydrogens (tertiary/aromatic N) is 1. The van der Waals surface area contributed by atoms with E-state index in [4.69, 9.17) is 5.14 Å². The lowest BCUT2D eigenvalue weighted by atomic mass is 10.1. The Morgan fingerprint density at radius 2 is 1.92 bits per heavy atom. The summed E-state index contributed by atoms with van der Waals surface area (Å²) in [5.74, 6) is -0.277. The maximum atomic E-state index is 12.4. The number of rotatable bonds is 5. The molecule has 9 heteroatoms. The normalized spacial score (nSPS) is 12.7. The zero-order valence-corrected chi connectivity index (χ0v) is 15.6. The fourth-order valence-electron chi connectivity index (χ4n) is 2.20. The smallest absolute Gasteiger partial charge is 0.271 e. The first kappa shape index (κ1) is 17.7. The molecule has 0 spiro atoms. The molecule has 2 aromatic heterocycles. The molecule has 0 fully saturated rings. The van der Waals surface area contributed by atoms with Crippen LogP contribution in [0.4, 0.5) is 0 Å². The van der Waals surface area contributed by atoms with Gasteiger partial charge in [-0.2, -0.15) is 11.3 Å². The second-order valence-electron chi connectivity index (χ2n) is 5.36. The number of benzene rings is 1. The second kappa shape index (κ2) is 7.04. The lowest BCUT2D eigenvalue weighted by Gasteiger charge is -2.13. The van der Waals surface area contributed by atoms with E-state index in [1.165, 1.54) is 23.5 Å². The first-order valence-electron chi connectivity index (χ1n) is 7.26. The van der Waals surface area contributed by atoms with Crippen LogP contribution in [0.2, 0.25) is 0 Å². The molecule has 0 bridgehead atoms. The van der Waals surface area contributed by atoms with Crippen LogP contribution >= 0.6 is 22.7 Å². The Bertz CT molecular complexity index is 977. The van der Waals surface area contributed by atoms with Gasteiger partial charge in [0.2, 0.25) is 10.0 Å². The van der Waals surface area contributed by atoms with Gasteiger partial charge in [-0.3, -0.25) is 4.79 Å². The minimum absolute atomic E-state index is 0.0367. The Labute approximate surface area is 153 Å². The Morgan fingerprint density at radius 1 is 1.20 bits per heavy atom. The van der Waals surface area contributed by atoms with Crippen molar-refractivity contribution in [3.05, 3.63) is 57.7 Å². The van der Waals surface area contributed by atoms with Crippen LogP contribution in [0.25, 0.3) is 10.6 Å². The van der Waals surface area contributed by atoms with Gasteiger partial charge in [-0.15, -0.1) is 11.3 Å². The molecule has 0 aliphatic rings. The van der Waals surface area contributed by atoms with Crippen molar-refractivity contribution in [2.45, 2.75) is 17.9 Å². The molecule has 1 atom stereocenters. The summed E-state index contributed by atoms with van der Waals surface area (Å²) in [5, 5.41) is 14.4. The van der Waals surface area contributed by atoms with Crippen LogP contribution in [-0.2, 0) is 10.0 Å². The zero-order valence-electron chi connectivity index (χ0n) is 13.2. The minimum Gasteiger partial charge on any atom is -0.344 e. The summed E-state index contributed by atoms with van der Waals surface area (Å²) in [6.45, 7) is 1.82. The number of amides is 1. The number of aromatic nitrogens is 1. The number of nitrogens with one attached hydrogen (secondary N) is 1. The van der Waals surface area contributed by atoms with Crippen LogP contribution in [0, 0.1) is 0 Å². The third-order valence-corrected chi connectivity index (χ3v) is 6.07. The van der Waals surface area contributed by atoms with E-state index in [9.17, 15) is 13.2 Å². The van der Waals surface area contributed by atoms with E-state index in [1.807, 2.05) is 23.8 Å². The van der Waals surface area contributed by atoms with Crippen molar-refractivity contribution >= 4 is 38.6 Å². The van der Waals surface area contributed by atoms with E-state index >= 15 is 0 Å². The predicted molar refractivity (Wildman–Crippen MR) is 99.1 cm³/mol. The third-order valence-electron chi connectivity index (χ3n) is 3.56. The van der Waals surface area contributed by atoms with Gasteiger partial charge in [0.05, 0.1) is 10.9 Å². The number of primary sulfonamides is 1. The highest BCUT2D eigenvalue weighted by Crippen LogP contribution is 2.26. The summed E-state index contributed by atoms with van der Waals surface area (Å²) in [4.78, 5) is 16.8. The number of sulfonamides is 1. The molecule has 0 aliphatic carbocycles. The van der Waals surface area contributed by atoms with Gasteiger partial charge in [0.25, 0.3) is 5.91 Å². The van der Waals surface area contributed by atoms with Gasteiger partial charge in [-0.05, 0) is 36.1 Å². The number of hydrogen-bond acceptors (Lipinski definition) is 6. The zero-order chi connectivity index (χ0) is 18.0. The molecule has 1 aromatic carbocycles. The summed E-state index contributed by atoms with van der Waals surface area (Å²) < 4.78 is 22.6. The molecule has 2 heterocycles. The van der Waals surface area contributed by atoms with Crippen molar-refractivity contribution in [2.75, 3.05) is 0 Å². The van der Waals surface area contributed by atoms with Crippen molar-refractivity contribution in [3.63, 3.8) is 0 Å². The Kier molecular flexibility index (Phi) is 5.00. The summed E-state index contributed by atoms with van der Waals surface area (Å²) in [5.41, 5.74) is 2.13. The molecule has 0 saturated carbocycles. The van der Waals surface area contributed by atoms with E-state index in [2.05, 4.69) is 10.3 Å². The molecule has 3 N–H and O–H groups in total. The van der Waals surface area contributed by atoms with Crippen molar-refractivity contribution < 1.29 is 13.2 Å². The number of hydrogen-bond donors (Lipinski definition) is 2. The molecule has 1 unspecified atom stereocenters. The first-order valence-corrected chi connectivity index (χ1v) is 10.6. The summed E-state index contributed by atoms with van der Waals surface area (Å²) in [7, 11) is -3.73. The monoisotopic (exact) mass is 393 g/mol. The average molecular weight is 394 g/mol. The number of nitrogens with two attached hydrogens (primary N) is 1. The highest BCUT2D eigenvalue weighted by Gasteiger charge is 2.16. The fourth-order valence-corrected chi connectivity index (χ4v) is 4.22. The molecule has 25 heavy (non-hydrogen) atoms. The van der Waals surface area contributed by atoms with Crippen LogP contribution < -0.4 is 10.5 Å². The Hall–Kier alpha value is -2.07. The lowest BCUT2D eigenvalue weighted by Crippen LogP contribution is -2.27. The maximum absolute atomic E-state index is 12.4. The van der Waals surface area contributed by atoms with Crippen LogP contribution in [0.15, 0.2) is 51.4 Å². The second-order valence-corrected chi connectivity index (χ2v) is 8.56. The molecule has 3 rings (SSSR count). The van der Waals surface area contributed by atoms with Crippen molar-refractivity contribution in [1.82, 2.24) is 10.3 Å². The van der Waals surface area contributed by atoms with Crippen LogP contribution in [0.3, 0.4) is 0 Å². The highest BCUT2D eigenvalue weighted by molar-refractivity contribution is 7.89. The molecule has 1 amide bonds. The van der Waals surface area contributed by atoms with E-state index in [-0.39, 0.29) is 16.8 Å². The van der Waals surface area contributed by atoms with Crippen molar-refractivity contribution in [3.8, 4) is 10.6 Å². The number of carbonyl (C=O) groups is 1. The van der Waals surface area contributed by atoms with E-state index in [0.29, 0.717) is 5.69 Å². The number of thiazole rings is 1. The van der Waals surface area contributed by atoms with E-state index in [1.54, 1.807) is 28.8 Å². The van der Waals surface area contributed by atoms with Crippen LogP contribution in [-0.4, -0.2) is 19.3 Å². The van der Waals surface area contributed by atoms with E-state index in [0.717, 1.165) is 16.1 Å². The molecular formula is C16H15N3O3S3. The van der Waals surface area contributed by atoms with Gasteiger partial charge in [0, 0.05) is 16.3 Å². The molecule has 0 aliphatic heterocycles. The Balaban J connectivity index is 1.70. The molecule has 0 saturated heterocycles. The van der Waals surface area contributed by atoms with Gasteiger partial charge in [0.1, 0.15) is 10.7 Å². The molecule has 0 radical (unpaired) electrons. The van der Waals surface area contributed by atoms with Gasteiger partial charge in [0.15, 0.2) is 0 Å². The van der Waals surface area contributed by atoms with Crippen molar-refractivity contribution in [2.24, 2.45) is 5.14 Å². The van der Waals surface area contributed by atoms with Crippen LogP contribution in [0.5, 0.6) is 0 Å².